The first kappa shape index (κ1) is 29.0. The van der Waals surface area contributed by atoms with Crippen LogP contribution in [-0.4, -0.2) is 0 Å². The Morgan fingerprint density at radius 1 is 0.340 bits per heavy atom. The Hall–Kier alpha value is -5.40. The van der Waals surface area contributed by atoms with Crippen molar-refractivity contribution in [2.45, 2.75) is 38.5 Å². The van der Waals surface area contributed by atoms with Crippen molar-refractivity contribution in [3.63, 3.8) is 0 Å². The highest BCUT2D eigenvalue weighted by Gasteiger charge is 2.45. The molecule has 1 aliphatic rings. The summed E-state index contributed by atoms with van der Waals surface area (Å²) < 4.78 is 0. The van der Waals surface area contributed by atoms with Crippen molar-refractivity contribution in [2.75, 3.05) is 4.90 Å². The minimum Gasteiger partial charge on any atom is -0.310 e. The highest BCUT2D eigenvalue weighted by atomic mass is 15.1. The molecule has 47 heavy (non-hydrogen) atoms. The molecular formula is C46H39N. The summed E-state index contributed by atoms with van der Waals surface area (Å²) in [7, 11) is 0. The van der Waals surface area contributed by atoms with Crippen molar-refractivity contribution >= 4 is 27.8 Å². The molecule has 0 atom stereocenters. The summed E-state index contributed by atoms with van der Waals surface area (Å²) in [6.45, 7) is 9.61. The van der Waals surface area contributed by atoms with Crippen LogP contribution in [0.4, 0.5) is 17.1 Å². The van der Waals surface area contributed by atoms with Gasteiger partial charge in [0.05, 0.1) is 0 Å². The molecule has 0 heterocycles. The van der Waals surface area contributed by atoms with Gasteiger partial charge in [-0.1, -0.05) is 149 Å². The normalized spacial score (nSPS) is 14.3. The third-order valence-electron chi connectivity index (χ3n) is 10.8. The van der Waals surface area contributed by atoms with Crippen LogP contribution in [0.5, 0.6) is 0 Å². The molecule has 0 aliphatic heterocycles. The first-order valence-corrected chi connectivity index (χ1v) is 16.6. The SMILES string of the molecule is CC1(C)c2ccccc2-c2ccc(N(c3cccc(-c4cccc(-c5ccccc5)c4)c3)c3ccc4ccccc4c3)cc2C1(C)C. The van der Waals surface area contributed by atoms with E-state index in [0.717, 1.165) is 17.1 Å². The van der Waals surface area contributed by atoms with Crippen LogP contribution < -0.4 is 4.90 Å². The maximum absolute atomic E-state index is 2.45. The molecule has 8 rings (SSSR count). The second-order valence-electron chi connectivity index (χ2n) is 13.9. The summed E-state index contributed by atoms with van der Waals surface area (Å²) in [5.74, 6) is 0. The molecule has 0 radical (unpaired) electrons. The van der Waals surface area contributed by atoms with Crippen LogP contribution in [0.25, 0.3) is 44.2 Å². The van der Waals surface area contributed by atoms with Crippen molar-refractivity contribution < 1.29 is 0 Å². The molecule has 7 aromatic carbocycles. The number of rotatable bonds is 5. The highest BCUT2D eigenvalue weighted by molar-refractivity contribution is 5.91. The van der Waals surface area contributed by atoms with Gasteiger partial charge in [0.25, 0.3) is 0 Å². The lowest BCUT2D eigenvalue weighted by molar-refractivity contribution is 0.299. The smallest absolute Gasteiger partial charge is 0.0468 e. The molecule has 0 bridgehead atoms. The zero-order valence-electron chi connectivity index (χ0n) is 27.5. The summed E-state index contributed by atoms with van der Waals surface area (Å²) >= 11 is 0. The van der Waals surface area contributed by atoms with E-state index in [1.54, 1.807) is 0 Å². The van der Waals surface area contributed by atoms with Crippen LogP contribution in [0, 0.1) is 0 Å². The van der Waals surface area contributed by atoms with Crippen LogP contribution in [0.1, 0.15) is 38.8 Å². The van der Waals surface area contributed by atoms with Gasteiger partial charge in [-0.15, -0.1) is 0 Å². The zero-order valence-corrected chi connectivity index (χ0v) is 27.5. The molecule has 0 N–H and O–H groups in total. The van der Waals surface area contributed by atoms with E-state index in [-0.39, 0.29) is 10.8 Å². The van der Waals surface area contributed by atoms with E-state index >= 15 is 0 Å². The number of benzene rings is 7. The van der Waals surface area contributed by atoms with E-state index in [1.807, 2.05) is 0 Å². The quantitative estimate of drug-likeness (QED) is 0.189. The van der Waals surface area contributed by atoms with Gasteiger partial charge in [0.1, 0.15) is 0 Å². The van der Waals surface area contributed by atoms with Gasteiger partial charge >= 0.3 is 0 Å². The fourth-order valence-corrected chi connectivity index (χ4v) is 7.46. The second-order valence-corrected chi connectivity index (χ2v) is 13.9. The lowest BCUT2D eigenvalue weighted by atomic mass is 9.55. The summed E-state index contributed by atoms with van der Waals surface area (Å²) in [5.41, 5.74) is 13.7. The number of hydrogen-bond donors (Lipinski definition) is 0. The standard InChI is InChI=1S/C46H39N/c1-45(2)43-23-11-10-22-41(43)42-27-26-40(31-44(42)46(45,3)4)47(39-25-24-33-16-8-9-17-36(33)29-39)38-21-13-20-37(30-38)35-19-12-18-34(28-35)32-14-6-5-7-15-32/h5-31H,1-4H3. The Morgan fingerprint density at radius 3 is 1.68 bits per heavy atom. The zero-order chi connectivity index (χ0) is 32.2. The van der Waals surface area contributed by atoms with E-state index in [9.17, 15) is 0 Å². The minimum atomic E-state index is -0.0819. The van der Waals surface area contributed by atoms with Gasteiger partial charge in [-0.25, -0.2) is 0 Å². The highest BCUT2D eigenvalue weighted by Crippen LogP contribution is 2.55. The molecule has 1 aliphatic carbocycles. The topological polar surface area (TPSA) is 3.24 Å². The van der Waals surface area contributed by atoms with Crippen LogP contribution in [0.2, 0.25) is 0 Å². The molecule has 0 amide bonds. The van der Waals surface area contributed by atoms with Crippen LogP contribution in [-0.2, 0) is 10.8 Å². The Bertz CT molecular complexity index is 2260. The Morgan fingerprint density at radius 2 is 0.872 bits per heavy atom. The summed E-state index contributed by atoms with van der Waals surface area (Å²) in [5, 5.41) is 2.47. The third-order valence-corrected chi connectivity index (χ3v) is 10.8. The molecule has 0 fully saturated rings. The minimum absolute atomic E-state index is 0.0350. The van der Waals surface area contributed by atoms with Gasteiger partial charge in [0.15, 0.2) is 0 Å². The molecule has 7 aromatic rings. The predicted molar refractivity (Wildman–Crippen MR) is 201 cm³/mol. The summed E-state index contributed by atoms with van der Waals surface area (Å²) in [6.07, 6.45) is 0. The molecule has 0 spiro atoms. The molecule has 1 heteroatoms. The van der Waals surface area contributed by atoms with Crippen molar-refractivity contribution in [1.82, 2.24) is 0 Å². The molecule has 1 nitrogen and oxygen atoms in total. The lowest BCUT2D eigenvalue weighted by Crippen LogP contribution is -2.43. The molecule has 0 unspecified atom stereocenters. The second kappa shape index (κ2) is 11.1. The number of anilines is 3. The van der Waals surface area contributed by atoms with E-state index in [0.29, 0.717) is 0 Å². The first-order valence-electron chi connectivity index (χ1n) is 16.6. The van der Waals surface area contributed by atoms with E-state index in [4.69, 9.17) is 0 Å². The summed E-state index contributed by atoms with van der Waals surface area (Å²) in [6, 6.07) is 60.0. The van der Waals surface area contributed by atoms with Gasteiger partial charge in [-0.05, 0) is 109 Å². The van der Waals surface area contributed by atoms with Gasteiger partial charge in [-0.2, -0.15) is 0 Å². The Kier molecular flexibility index (Phi) is 6.88. The van der Waals surface area contributed by atoms with Crippen LogP contribution in [0.3, 0.4) is 0 Å². The molecule has 0 saturated heterocycles. The van der Waals surface area contributed by atoms with E-state index in [1.165, 1.54) is 55.3 Å². The number of hydrogen-bond acceptors (Lipinski definition) is 1. The van der Waals surface area contributed by atoms with Crippen molar-refractivity contribution in [1.29, 1.82) is 0 Å². The predicted octanol–water partition coefficient (Wildman–Crippen LogP) is 12.9. The third kappa shape index (κ3) is 4.86. The van der Waals surface area contributed by atoms with Crippen molar-refractivity contribution in [2.24, 2.45) is 0 Å². The van der Waals surface area contributed by atoms with Gasteiger partial charge in [0, 0.05) is 17.1 Å². The fraction of sp³-hybridized carbons (Fsp3) is 0.130. The summed E-state index contributed by atoms with van der Waals surface area (Å²) in [4.78, 5) is 2.43. The average molecular weight is 606 g/mol. The Balaban J connectivity index is 1.31. The first-order chi connectivity index (χ1) is 22.8. The number of nitrogens with zero attached hydrogens (tertiary/aromatic N) is 1. The monoisotopic (exact) mass is 605 g/mol. The largest absolute Gasteiger partial charge is 0.310 e. The molecule has 0 aromatic heterocycles. The number of fused-ring (bicyclic) bond motifs is 4. The molecular weight excluding hydrogens is 567 g/mol. The maximum atomic E-state index is 2.45. The van der Waals surface area contributed by atoms with Crippen LogP contribution in [0.15, 0.2) is 164 Å². The van der Waals surface area contributed by atoms with E-state index < -0.39 is 0 Å². The van der Waals surface area contributed by atoms with Crippen LogP contribution >= 0.6 is 0 Å². The molecule has 0 saturated carbocycles. The Labute approximate surface area is 278 Å². The van der Waals surface area contributed by atoms with Crippen molar-refractivity contribution in [3.8, 4) is 33.4 Å². The van der Waals surface area contributed by atoms with Crippen molar-refractivity contribution in [3.05, 3.63) is 175 Å². The van der Waals surface area contributed by atoms with E-state index in [2.05, 4.69) is 196 Å². The van der Waals surface area contributed by atoms with Gasteiger partial charge in [0.2, 0.25) is 0 Å². The van der Waals surface area contributed by atoms with Gasteiger partial charge in [-0.3, -0.25) is 0 Å². The maximum Gasteiger partial charge on any atom is 0.0468 e. The average Bonchev–Trinajstić information content (AvgIpc) is 3.12. The molecule has 228 valence electrons. The lowest BCUT2D eigenvalue weighted by Gasteiger charge is -2.48. The fourth-order valence-electron chi connectivity index (χ4n) is 7.46. The van der Waals surface area contributed by atoms with Gasteiger partial charge < -0.3 is 4.90 Å².